The highest BCUT2D eigenvalue weighted by Crippen LogP contribution is 2.45. The van der Waals surface area contributed by atoms with Crippen LogP contribution in [0.2, 0.25) is 0 Å². The summed E-state index contributed by atoms with van der Waals surface area (Å²) in [5.74, 6) is 0.885. The maximum atomic E-state index is 13.0. The molecule has 0 aromatic heterocycles. The molecule has 0 amide bonds. The second-order valence-corrected chi connectivity index (χ2v) is 31.6. The first-order valence-electron chi connectivity index (χ1n) is 38.7. The fourth-order valence-electron chi connectivity index (χ4n) is 11.3. The van der Waals surface area contributed by atoms with Crippen LogP contribution in [0, 0.1) is 23.7 Å². The number of aliphatic hydroxyl groups is 1. The van der Waals surface area contributed by atoms with Crippen LogP contribution in [0.4, 0.5) is 0 Å². The van der Waals surface area contributed by atoms with E-state index in [1.807, 2.05) is 0 Å². The van der Waals surface area contributed by atoms with Gasteiger partial charge in [0.05, 0.1) is 26.4 Å². The second-order valence-electron chi connectivity index (χ2n) is 28.7. The van der Waals surface area contributed by atoms with Gasteiger partial charge in [-0.15, -0.1) is 0 Å². The van der Waals surface area contributed by atoms with Gasteiger partial charge in [0.1, 0.15) is 19.3 Å². The fourth-order valence-corrected chi connectivity index (χ4v) is 12.9. The van der Waals surface area contributed by atoms with Gasteiger partial charge in [-0.05, 0) is 49.4 Å². The van der Waals surface area contributed by atoms with E-state index >= 15 is 0 Å². The number of hydrogen-bond acceptors (Lipinski definition) is 15. The van der Waals surface area contributed by atoms with Gasteiger partial charge in [-0.2, -0.15) is 0 Å². The van der Waals surface area contributed by atoms with E-state index < -0.39 is 97.5 Å². The summed E-state index contributed by atoms with van der Waals surface area (Å²) in [7, 11) is -9.91. The van der Waals surface area contributed by atoms with E-state index in [4.69, 9.17) is 37.0 Å². The topological polar surface area (TPSA) is 237 Å². The Morgan fingerprint density at radius 3 is 0.755 bits per heavy atom. The second kappa shape index (κ2) is 64.4. The van der Waals surface area contributed by atoms with E-state index in [2.05, 4.69) is 55.4 Å². The summed E-state index contributed by atoms with van der Waals surface area (Å²) < 4.78 is 68.4. The van der Waals surface area contributed by atoms with Gasteiger partial charge >= 0.3 is 39.5 Å². The average molecular weight is 1380 g/mol. The highest BCUT2D eigenvalue weighted by atomic mass is 31.2. The molecule has 17 nitrogen and oxygen atoms in total. The van der Waals surface area contributed by atoms with Crippen molar-refractivity contribution in [2.75, 3.05) is 39.6 Å². The number of aliphatic hydroxyl groups excluding tert-OH is 1. The van der Waals surface area contributed by atoms with Crippen LogP contribution in [-0.2, 0) is 65.4 Å². The molecule has 3 N–H and O–H groups in total. The molecule has 0 aromatic carbocycles. The first kappa shape index (κ1) is 92.1. The van der Waals surface area contributed by atoms with Crippen molar-refractivity contribution >= 4 is 39.5 Å². The molecule has 0 aliphatic rings. The number of unbranched alkanes of at least 4 members (excludes halogenated alkanes) is 37. The molecular weight excluding hydrogens is 1230 g/mol. The van der Waals surface area contributed by atoms with Gasteiger partial charge in [0.25, 0.3) is 0 Å². The van der Waals surface area contributed by atoms with Crippen molar-refractivity contribution in [3.63, 3.8) is 0 Å². The maximum absolute atomic E-state index is 13.0. The maximum Gasteiger partial charge on any atom is 0.472 e. The number of rotatable bonds is 72. The molecule has 0 aromatic rings. The Balaban J connectivity index is 5.14. The lowest BCUT2D eigenvalue weighted by atomic mass is 9.99. The Labute approximate surface area is 575 Å². The molecule has 0 bridgehead atoms. The molecule has 0 heterocycles. The summed E-state index contributed by atoms with van der Waals surface area (Å²) in [6.07, 6.45) is 48.9. The Morgan fingerprint density at radius 2 is 0.511 bits per heavy atom. The highest BCUT2D eigenvalue weighted by Gasteiger charge is 2.30. The summed E-state index contributed by atoms with van der Waals surface area (Å²) in [6, 6.07) is 0. The molecule has 0 radical (unpaired) electrons. The van der Waals surface area contributed by atoms with Crippen LogP contribution in [0.15, 0.2) is 0 Å². The minimum atomic E-state index is -4.95. The minimum absolute atomic E-state index is 0.104. The van der Waals surface area contributed by atoms with Crippen LogP contribution in [0.25, 0.3) is 0 Å². The van der Waals surface area contributed by atoms with E-state index in [0.717, 1.165) is 114 Å². The van der Waals surface area contributed by atoms with Crippen molar-refractivity contribution in [1.29, 1.82) is 0 Å². The summed E-state index contributed by atoms with van der Waals surface area (Å²) in [5, 5.41) is 10.6. The number of hydrogen-bond donors (Lipinski definition) is 3. The smallest absolute Gasteiger partial charge is 0.462 e. The Morgan fingerprint density at radius 1 is 0.298 bits per heavy atom. The molecule has 0 aliphatic heterocycles. The van der Waals surface area contributed by atoms with Gasteiger partial charge in [-0.1, -0.05) is 325 Å². The summed E-state index contributed by atoms with van der Waals surface area (Å²) in [5.41, 5.74) is 0. The average Bonchev–Trinajstić information content (AvgIpc) is 1.65. The Kier molecular flexibility index (Phi) is 63.1. The van der Waals surface area contributed by atoms with Crippen LogP contribution in [-0.4, -0.2) is 96.7 Å². The molecule has 3 unspecified atom stereocenters. The van der Waals surface area contributed by atoms with Crippen LogP contribution in [0.1, 0.15) is 376 Å². The molecular formula is C75H146O17P2. The lowest BCUT2D eigenvalue weighted by molar-refractivity contribution is -0.161. The van der Waals surface area contributed by atoms with Crippen LogP contribution < -0.4 is 0 Å². The lowest BCUT2D eigenvalue weighted by Gasteiger charge is -2.21. The number of phosphoric ester groups is 2. The Bertz CT molecular complexity index is 1850. The number of phosphoric acid groups is 2. The van der Waals surface area contributed by atoms with Crippen molar-refractivity contribution in [3.8, 4) is 0 Å². The van der Waals surface area contributed by atoms with Crippen molar-refractivity contribution in [3.05, 3.63) is 0 Å². The molecule has 0 saturated heterocycles. The number of carbonyl (C=O) groups excluding carboxylic acids is 4. The quantitative estimate of drug-likeness (QED) is 0.0222. The summed E-state index contributed by atoms with van der Waals surface area (Å²) in [6.45, 7) is 14.1. The van der Waals surface area contributed by atoms with E-state index in [1.54, 1.807) is 0 Å². The van der Waals surface area contributed by atoms with Crippen LogP contribution >= 0.6 is 15.6 Å². The van der Waals surface area contributed by atoms with Crippen LogP contribution in [0.3, 0.4) is 0 Å². The predicted octanol–water partition coefficient (Wildman–Crippen LogP) is 21.7. The molecule has 0 spiro atoms. The van der Waals surface area contributed by atoms with Gasteiger partial charge in [0.15, 0.2) is 12.2 Å². The fraction of sp³-hybridized carbons (Fsp3) is 0.947. The van der Waals surface area contributed by atoms with Crippen molar-refractivity contribution < 1.29 is 80.2 Å². The third kappa shape index (κ3) is 67.3. The van der Waals surface area contributed by atoms with Crippen LogP contribution in [0.5, 0.6) is 0 Å². The van der Waals surface area contributed by atoms with Gasteiger partial charge in [0.2, 0.25) is 0 Å². The molecule has 0 aliphatic carbocycles. The first-order valence-corrected chi connectivity index (χ1v) is 41.7. The molecule has 0 fully saturated rings. The molecule has 94 heavy (non-hydrogen) atoms. The molecule has 19 heteroatoms. The van der Waals surface area contributed by atoms with E-state index in [9.17, 15) is 43.2 Å². The zero-order valence-electron chi connectivity index (χ0n) is 61.6. The lowest BCUT2D eigenvalue weighted by Crippen LogP contribution is -2.30. The first-order chi connectivity index (χ1) is 45.1. The zero-order valence-corrected chi connectivity index (χ0v) is 63.4. The van der Waals surface area contributed by atoms with E-state index in [-0.39, 0.29) is 25.7 Å². The third-order valence-corrected chi connectivity index (χ3v) is 19.6. The summed E-state index contributed by atoms with van der Waals surface area (Å²) in [4.78, 5) is 72.6. The van der Waals surface area contributed by atoms with E-state index in [1.165, 1.54) is 173 Å². The third-order valence-electron chi connectivity index (χ3n) is 17.7. The van der Waals surface area contributed by atoms with Gasteiger partial charge in [0, 0.05) is 25.7 Å². The number of esters is 4. The molecule has 0 rings (SSSR count). The van der Waals surface area contributed by atoms with E-state index in [0.29, 0.717) is 31.6 Å². The van der Waals surface area contributed by atoms with Gasteiger partial charge in [-0.25, -0.2) is 9.13 Å². The highest BCUT2D eigenvalue weighted by molar-refractivity contribution is 7.47. The van der Waals surface area contributed by atoms with Gasteiger partial charge in [-0.3, -0.25) is 37.3 Å². The Hall–Kier alpha value is -1.94. The normalized spacial score (nSPS) is 14.4. The number of ether oxygens (including phenoxy) is 4. The van der Waals surface area contributed by atoms with Crippen molar-refractivity contribution in [2.24, 2.45) is 23.7 Å². The molecule has 6 atom stereocenters. The SMILES string of the molecule is CCC(C)CCCCCCCCCCCCCCCCCCCCC(=O)O[C@H](COC(=O)CCCCCCCCC(C)C)COP(=O)(O)OC[C@H](O)COP(=O)(O)OC[C@@H](COC(=O)CCCCCCCCCCCC(C)C)OC(=O)CCCCCCCCCCC(C)C. The monoisotopic (exact) mass is 1380 g/mol. The number of carbonyl (C=O) groups is 4. The molecule has 558 valence electrons. The predicted molar refractivity (Wildman–Crippen MR) is 381 cm³/mol. The zero-order chi connectivity index (χ0) is 69.6. The standard InChI is InChI=1S/C75H146O17P2/c1-9-68(8)54-46-38-29-22-18-16-14-12-10-11-13-15-17-19-23-31-41-49-57-74(79)91-71(62-86-73(78)56-48-40-34-33-37-45-53-67(6)7)64-90-94(83,84)88-60-69(76)59-87-93(81,82)89-63-70(92-75(80)58-50-42-32-26-25-28-36-44-52-66(4)5)61-85-72(77)55-47-39-30-24-20-21-27-35-43-51-65(2)3/h65-71,76H,9-64H2,1-8H3,(H,81,82)(H,83,84)/t68?,69-,70-,71-/m1/s1. The summed E-state index contributed by atoms with van der Waals surface area (Å²) >= 11 is 0. The van der Waals surface area contributed by atoms with Gasteiger partial charge < -0.3 is 33.8 Å². The van der Waals surface area contributed by atoms with Crippen molar-refractivity contribution in [2.45, 2.75) is 395 Å². The largest absolute Gasteiger partial charge is 0.472 e. The van der Waals surface area contributed by atoms with Crippen molar-refractivity contribution in [1.82, 2.24) is 0 Å². The minimum Gasteiger partial charge on any atom is -0.462 e. The molecule has 0 saturated carbocycles.